The van der Waals surface area contributed by atoms with Crippen LogP contribution in [-0.2, 0) is 14.3 Å². The molecule has 3 atom stereocenters. The summed E-state index contributed by atoms with van der Waals surface area (Å²) in [6.07, 6.45) is 73.8. The summed E-state index contributed by atoms with van der Waals surface area (Å²) in [5.41, 5.74) is 0. The van der Waals surface area contributed by atoms with E-state index in [4.69, 9.17) is 4.74 Å². The first-order chi connectivity index (χ1) is 32.5. The molecule has 0 aromatic heterocycles. The molecule has 0 fully saturated rings. The molecule has 0 aromatic carbocycles. The van der Waals surface area contributed by atoms with Gasteiger partial charge in [-0.25, -0.2) is 0 Å². The lowest BCUT2D eigenvalue weighted by molar-refractivity contribution is -0.150. The van der Waals surface area contributed by atoms with E-state index in [9.17, 15) is 19.8 Å². The number of nitrogens with one attached hydrogen (secondary N) is 1. The number of hydrogen-bond acceptors (Lipinski definition) is 5. The van der Waals surface area contributed by atoms with Crippen LogP contribution in [0.3, 0.4) is 0 Å². The Morgan fingerprint density at radius 1 is 0.485 bits per heavy atom. The van der Waals surface area contributed by atoms with Gasteiger partial charge in [-0.15, -0.1) is 0 Å². The number of esters is 1. The first-order valence-corrected chi connectivity index (χ1v) is 26.5. The first-order valence-electron chi connectivity index (χ1n) is 26.5. The Hall–Kier alpha value is -4.00. The van der Waals surface area contributed by atoms with Crippen molar-refractivity contribution in [1.82, 2.24) is 5.32 Å². The van der Waals surface area contributed by atoms with Gasteiger partial charge in [0.15, 0.2) is 0 Å². The maximum Gasteiger partial charge on any atom is 0.306 e. The van der Waals surface area contributed by atoms with Crippen LogP contribution in [0.1, 0.15) is 207 Å². The van der Waals surface area contributed by atoms with Gasteiger partial charge in [0.1, 0.15) is 6.10 Å². The molecule has 0 spiro atoms. The summed E-state index contributed by atoms with van der Waals surface area (Å²) in [7, 11) is 0. The summed E-state index contributed by atoms with van der Waals surface area (Å²) in [5, 5.41) is 23.8. The van der Waals surface area contributed by atoms with Gasteiger partial charge in [0.05, 0.1) is 25.2 Å². The number of aliphatic hydroxyl groups is 2. The third-order valence-electron chi connectivity index (χ3n) is 11.1. The Labute approximate surface area is 405 Å². The summed E-state index contributed by atoms with van der Waals surface area (Å²) in [6.45, 7) is 6.18. The van der Waals surface area contributed by atoms with Crippen LogP contribution in [0.2, 0.25) is 0 Å². The van der Waals surface area contributed by atoms with Crippen molar-refractivity contribution in [3.63, 3.8) is 0 Å². The largest absolute Gasteiger partial charge is 0.461 e. The smallest absolute Gasteiger partial charge is 0.306 e. The van der Waals surface area contributed by atoms with Gasteiger partial charge < -0.3 is 20.3 Å². The number of allylic oxidation sites excluding steroid dienone is 21. The van der Waals surface area contributed by atoms with Gasteiger partial charge in [0, 0.05) is 12.8 Å². The molecule has 6 heteroatoms. The van der Waals surface area contributed by atoms with Crippen molar-refractivity contribution in [2.75, 3.05) is 6.61 Å². The van der Waals surface area contributed by atoms with E-state index in [0.717, 1.165) is 83.5 Å². The molecule has 0 rings (SSSR count). The highest BCUT2D eigenvalue weighted by Crippen LogP contribution is 2.16. The lowest BCUT2D eigenvalue weighted by Crippen LogP contribution is -2.46. The number of unbranched alkanes of at least 4 members (excludes halogenated alkanes) is 17. The molecule has 0 aromatic rings. The maximum atomic E-state index is 13.2. The van der Waals surface area contributed by atoms with Crippen LogP contribution in [0.25, 0.3) is 0 Å². The first kappa shape index (κ1) is 62.0. The quantitative estimate of drug-likeness (QED) is 0.0245. The monoisotopic (exact) mass is 912 g/mol. The Morgan fingerprint density at radius 2 is 0.909 bits per heavy atom. The van der Waals surface area contributed by atoms with Gasteiger partial charge in [0.25, 0.3) is 0 Å². The molecule has 6 nitrogen and oxygen atoms in total. The van der Waals surface area contributed by atoms with Crippen molar-refractivity contribution in [3.8, 4) is 0 Å². The highest BCUT2D eigenvalue weighted by molar-refractivity contribution is 5.77. The molecule has 0 bridgehead atoms. The third-order valence-corrected chi connectivity index (χ3v) is 11.1. The fourth-order valence-electron chi connectivity index (χ4n) is 7.19. The van der Waals surface area contributed by atoms with Gasteiger partial charge in [-0.2, -0.15) is 0 Å². The van der Waals surface area contributed by atoms with Crippen molar-refractivity contribution < 1.29 is 24.5 Å². The second kappa shape index (κ2) is 52.0. The molecule has 0 radical (unpaired) electrons. The van der Waals surface area contributed by atoms with Crippen LogP contribution in [0.15, 0.2) is 134 Å². The minimum atomic E-state index is -0.830. The Kier molecular flexibility index (Phi) is 48.8. The lowest BCUT2D eigenvalue weighted by Gasteiger charge is -2.24. The molecule has 0 saturated carbocycles. The number of rotatable bonds is 45. The summed E-state index contributed by atoms with van der Waals surface area (Å²) in [4.78, 5) is 26.2. The number of hydrogen-bond donors (Lipinski definition) is 3. The van der Waals surface area contributed by atoms with Crippen molar-refractivity contribution in [3.05, 3.63) is 134 Å². The van der Waals surface area contributed by atoms with Crippen LogP contribution in [-0.4, -0.2) is 46.9 Å². The predicted molar refractivity (Wildman–Crippen MR) is 286 cm³/mol. The predicted octanol–water partition coefficient (Wildman–Crippen LogP) is 16.2. The molecule has 3 N–H and O–H groups in total. The fraction of sp³-hybridized carbons (Fsp3) is 0.600. The van der Waals surface area contributed by atoms with Crippen LogP contribution >= 0.6 is 0 Å². The summed E-state index contributed by atoms with van der Waals surface area (Å²) in [5.74, 6) is -0.644. The molecule has 0 aliphatic heterocycles. The second-order valence-electron chi connectivity index (χ2n) is 17.3. The van der Waals surface area contributed by atoms with E-state index in [1.54, 1.807) is 0 Å². The average molecular weight is 912 g/mol. The van der Waals surface area contributed by atoms with Crippen molar-refractivity contribution in [2.24, 2.45) is 0 Å². The van der Waals surface area contributed by atoms with E-state index in [-0.39, 0.29) is 24.9 Å². The van der Waals surface area contributed by atoms with Gasteiger partial charge in [-0.3, -0.25) is 9.59 Å². The zero-order chi connectivity index (χ0) is 48.1. The Balaban J connectivity index is 4.82. The number of amides is 1. The standard InChI is InChI=1S/C60H97NO5/c1-4-7-10-13-16-19-22-25-28-29-32-35-38-41-44-47-50-53-60(65)66-56(51-48-45-42-39-36-33-30-26-23-20-17-14-11-8-5-2)54-59(64)61-57(55-62)58(63)52-49-46-43-40-37-34-31-27-24-21-18-15-12-9-6-3/h7-8,10-11,13,16-17,19-20,22,25-26,28-30,32,35-36,38-39,45,48,56-58,62-63H,4-6,9,12,14-15,18,21,23-24,27,31,33-34,37,40-44,46-47,49-55H2,1-3H3,(H,61,64)/b10-7-,11-8-,16-13+,20-17-,22-19+,28-25-,30-26-,32-29+,38-35+,39-36-,48-45-. The Morgan fingerprint density at radius 3 is 1.39 bits per heavy atom. The van der Waals surface area contributed by atoms with Crippen LogP contribution in [0.4, 0.5) is 0 Å². The lowest BCUT2D eigenvalue weighted by atomic mass is 10.0. The van der Waals surface area contributed by atoms with Crippen molar-refractivity contribution in [2.45, 2.75) is 225 Å². The highest BCUT2D eigenvalue weighted by atomic mass is 16.5. The van der Waals surface area contributed by atoms with Crippen molar-refractivity contribution in [1.29, 1.82) is 0 Å². The third kappa shape index (κ3) is 46.5. The van der Waals surface area contributed by atoms with Crippen LogP contribution in [0.5, 0.6) is 0 Å². The molecule has 0 aliphatic carbocycles. The second-order valence-corrected chi connectivity index (χ2v) is 17.3. The summed E-state index contributed by atoms with van der Waals surface area (Å²) in [6, 6.07) is -0.752. The van der Waals surface area contributed by atoms with E-state index in [0.29, 0.717) is 19.3 Å². The normalized spacial score (nSPS) is 14.3. The van der Waals surface area contributed by atoms with E-state index < -0.39 is 18.2 Å². The summed E-state index contributed by atoms with van der Waals surface area (Å²) >= 11 is 0. The number of ether oxygens (including phenoxy) is 1. The highest BCUT2D eigenvalue weighted by Gasteiger charge is 2.23. The number of carbonyl (C=O) groups excluding carboxylic acids is 2. The SMILES string of the molecule is CC\C=C/C=C/C=C/C=C\C=C\C=C\CCCCCC(=O)OC(C/C=C\C/C=C\C/C=C\C/C=C\C/C=C\CC)CC(=O)NC(CO)C(O)CCCCCCCCCCCCCCCCC. The maximum absolute atomic E-state index is 13.2. The molecule has 372 valence electrons. The van der Waals surface area contributed by atoms with Gasteiger partial charge in [0.2, 0.25) is 5.91 Å². The van der Waals surface area contributed by atoms with Crippen LogP contribution < -0.4 is 5.32 Å². The minimum Gasteiger partial charge on any atom is -0.461 e. The van der Waals surface area contributed by atoms with Gasteiger partial charge in [-0.1, -0.05) is 257 Å². The van der Waals surface area contributed by atoms with E-state index in [2.05, 4.69) is 86.8 Å². The van der Waals surface area contributed by atoms with Gasteiger partial charge >= 0.3 is 5.97 Å². The molecule has 1 amide bonds. The average Bonchev–Trinajstić information content (AvgIpc) is 3.31. The molecule has 0 saturated heterocycles. The molecule has 3 unspecified atom stereocenters. The Bertz CT molecular complexity index is 1440. The topological polar surface area (TPSA) is 95.9 Å². The molecule has 66 heavy (non-hydrogen) atoms. The van der Waals surface area contributed by atoms with E-state index >= 15 is 0 Å². The van der Waals surface area contributed by atoms with Gasteiger partial charge in [-0.05, 0) is 64.2 Å². The number of carbonyl (C=O) groups is 2. The minimum absolute atomic E-state index is 0.0281. The molecular formula is C60H97NO5. The van der Waals surface area contributed by atoms with E-state index in [1.807, 2.05) is 72.9 Å². The zero-order valence-corrected chi connectivity index (χ0v) is 42.3. The molecule has 0 heterocycles. The molecule has 0 aliphatic rings. The molecular weight excluding hydrogens is 815 g/mol. The fourth-order valence-corrected chi connectivity index (χ4v) is 7.19. The number of aliphatic hydroxyl groups excluding tert-OH is 2. The van der Waals surface area contributed by atoms with Crippen LogP contribution in [0, 0.1) is 0 Å². The summed E-state index contributed by atoms with van der Waals surface area (Å²) < 4.78 is 5.85. The van der Waals surface area contributed by atoms with Crippen molar-refractivity contribution >= 4 is 11.9 Å². The van der Waals surface area contributed by atoms with E-state index in [1.165, 1.54) is 77.0 Å². The zero-order valence-electron chi connectivity index (χ0n) is 42.3.